The van der Waals surface area contributed by atoms with Crippen molar-refractivity contribution >= 4 is 44.7 Å². The van der Waals surface area contributed by atoms with Gasteiger partial charge in [0, 0.05) is 42.6 Å². The molecule has 0 aliphatic carbocycles. The highest BCUT2D eigenvalue weighted by atomic mass is 32.2. The molecule has 2 aromatic heterocycles. The molecule has 8 nitrogen and oxygen atoms in total. The van der Waals surface area contributed by atoms with Crippen molar-refractivity contribution in [3.05, 3.63) is 96.0 Å². The zero-order chi connectivity index (χ0) is 25.5. The molecule has 0 spiro atoms. The third-order valence-electron chi connectivity index (χ3n) is 5.71. The van der Waals surface area contributed by atoms with Gasteiger partial charge in [-0.2, -0.15) is 0 Å². The second-order valence-electron chi connectivity index (χ2n) is 8.30. The summed E-state index contributed by atoms with van der Waals surface area (Å²) in [5.74, 6) is -0.387. The Kier molecular flexibility index (Phi) is 7.60. The Morgan fingerprint density at radius 1 is 1.08 bits per heavy atom. The van der Waals surface area contributed by atoms with E-state index in [1.165, 1.54) is 0 Å². The van der Waals surface area contributed by atoms with E-state index in [1.807, 2.05) is 36.2 Å². The highest BCUT2D eigenvalue weighted by molar-refractivity contribution is 7.91. The van der Waals surface area contributed by atoms with Crippen LogP contribution in [-0.4, -0.2) is 49.9 Å². The van der Waals surface area contributed by atoms with Gasteiger partial charge in [-0.25, -0.2) is 8.42 Å². The number of benzene rings is 2. The lowest BCUT2D eigenvalue weighted by Crippen LogP contribution is -2.23. The zero-order valence-corrected chi connectivity index (χ0v) is 20.5. The molecular formula is C27H26N4O4S. The number of fused-ring (bicyclic) bond motifs is 1. The fourth-order valence-corrected chi connectivity index (χ4v) is 4.74. The molecule has 4 aromatic rings. The molecule has 36 heavy (non-hydrogen) atoms. The van der Waals surface area contributed by atoms with Gasteiger partial charge in [0.1, 0.15) is 12.0 Å². The molecule has 4 rings (SSSR count). The second kappa shape index (κ2) is 11.0. The van der Waals surface area contributed by atoms with Crippen molar-refractivity contribution in [3.8, 4) is 0 Å². The van der Waals surface area contributed by atoms with Crippen LogP contribution >= 0.6 is 0 Å². The Morgan fingerprint density at radius 2 is 1.83 bits per heavy atom. The zero-order valence-electron chi connectivity index (χ0n) is 19.7. The summed E-state index contributed by atoms with van der Waals surface area (Å²) in [4.78, 5) is 32.2. The van der Waals surface area contributed by atoms with E-state index in [2.05, 4.69) is 15.3 Å². The summed E-state index contributed by atoms with van der Waals surface area (Å²) >= 11 is 0. The molecule has 1 amide bonds. The Labute approximate surface area is 209 Å². The molecule has 0 aliphatic heterocycles. The third kappa shape index (κ3) is 6.05. The highest BCUT2D eigenvalue weighted by Gasteiger charge is 2.13. The van der Waals surface area contributed by atoms with Gasteiger partial charge in [-0.1, -0.05) is 36.4 Å². The fourth-order valence-electron chi connectivity index (χ4n) is 3.65. The topological polar surface area (TPSA) is 112 Å². The maximum absolute atomic E-state index is 12.7. The number of pyridine rings is 1. The third-order valence-corrected chi connectivity index (χ3v) is 7.33. The van der Waals surface area contributed by atoms with E-state index in [-0.39, 0.29) is 23.1 Å². The van der Waals surface area contributed by atoms with Crippen LogP contribution in [0.4, 0.5) is 5.69 Å². The quantitative estimate of drug-likeness (QED) is 0.321. The van der Waals surface area contributed by atoms with Gasteiger partial charge in [-0.3, -0.25) is 9.78 Å². The maximum Gasteiger partial charge on any atom is 0.267 e. The predicted molar refractivity (Wildman–Crippen MR) is 141 cm³/mol. The first kappa shape index (κ1) is 24.9. The number of carbonyl (C=O) groups is 2. The highest BCUT2D eigenvalue weighted by Crippen LogP contribution is 2.17. The minimum Gasteiger partial charge on any atom is -0.368 e. The molecule has 184 valence electrons. The number of amides is 1. The molecule has 0 unspecified atom stereocenters. The van der Waals surface area contributed by atoms with Crippen molar-refractivity contribution < 1.29 is 18.0 Å². The smallest absolute Gasteiger partial charge is 0.267 e. The van der Waals surface area contributed by atoms with Crippen LogP contribution in [0.3, 0.4) is 0 Å². The van der Waals surface area contributed by atoms with E-state index in [9.17, 15) is 18.0 Å². The minimum atomic E-state index is -3.50. The number of hydrogen-bond acceptors (Lipinski definition) is 6. The fraction of sp³-hybridized carbons (Fsp3) is 0.148. The largest absolute Gasteiger partial charge is 0.368 e. The first-order valence-electron chi connectivity index (χ1n) is 11.3. The summed E-state index contributed by atoms with van der Waals surface area (Å²) in [6.45, 7) is 0.575. The van der Waals surface area contributed by atoms with Crippen LogP contribution < -0.4 is 10.2 Å². The summed E-state index contributed by atoms with van der Waals surface area (Å²) in [6.07, 6.45) is 7.54. The molecule has 2 heterocycles. The number of sulfone groups is 1. The number of H-pyrrole nitrogens is 1. The van der Waals surface area contributed by atoms with Crippen molar-refractivity contribution in [3.63, 3.8) is 0 Å². The van der Waals surface area contributed by atoms with Gasteiger partial charge in [0.2, 0.25) is 0 Å². The number of aromatic nitrogens is 2. The van der Waals surface area contributed by atoms with Gasteiger partial charge < -0.3 is 20.0 Å². The monoisotopic (exact) mass is 502 g/mol. The number of aldehydes is 1. The summed E-state index contributed by atoms with van der Waals surface area (Å²) in [5, 5.41) is 3.69. The van der Waals surface area contributed by atoms with E-state index < -0.39 is 9.84 Å². The molecule has 0 fully saturated rings. The Morgan fingerprint density at radius 3 is 2.53 bits per heavy atom. The van der Waals surface area contributed by atoms with Crippen molar-refractivity contribution in [1.82, 2.24) is 15.3 Å². The minimum absolute atomic E-state index is 0.134. The Bertz CT molecular complexity index is 1460. The first-order valence-corrected chi connectivity index (χ1v) is 12.9. The van der Waals surface area contributed by atoms with E-state index in [0.717, 1.165) is 34.0 Å². The lowest BCUT2D eigenvalue weighted by atomic mass is 10.2. The van der Waals surface area contributed by atoms with Gasteiger partial charge in [0.25, 0.3) is 5.91 Å². The SMILES string of the molecule is CN(CC=O)c1ccc(C=CCS(=O)(=O)c2ccc(CNC(=O)c3cc4cnccc4[nH]3)cc2)cc1. The summed E-state index contributed by atoms with van der Waals surface area (Å²) in [5.41, 5.74) is 3.83. The number of nitrogens with zero attached hydrogens (tertiary/aromatic N) is 2. The molecular weight excluding hydrogens is 476 g/mol. The average molecular weight is 503 g/mol. The molecule has 0 aliphatic rings. The van der Waals surface area contributed by atoms with Crippen LogP contribution in [0.5, 0.6) is 0 Å². The first-order chi connectivity index (χ1) is 17.4. The van der Waals surface area contributed by atoms with Crippen LogP contribution in [0.15, 0.2) is 84.0 Å². The van der Waals surface area contributed by atoms with Crippen molar-refractivity contribution in [2.45, 2.75) is 11.4 Å². The lowest BCUT2D eigenvalue weighted by molar-refractivity contribution is -0.106. The van der Waals surface area contributed by atoms with Crippen molar-refractivity contribution in [2.24, 2.45) is 0 Å². The summed E-state index contributed by atoms with van der Waals surface area (Å²) in [6, 6.07) is 17.5. The van der Waals surface area contributed by atoms with Crippen molar-refractivity contribution in [2.75, 3.05) is 24.2 Å². The van der Waals surface area contributed by atoms with E-state index in [1.54, 1.807) is 60.9 Å². The molecule has 9 heteroatoms. The summed E-state index contributed by atoms with van der Waals surface area (Å²) in [7, 11) is -1.67. The summed E-state index contributed by atoms with van der Waals surface area (Å²) < 4.78 is 25.4. The molecule has 2 N–H and O–H groups in total. The van der Waals surface area contributed by atoms with E-state index in [0.29, 0.717) is 12.2 Å². The standard InChI is InChI=1S/C27H26N4O4S/c1-31(14-15-32)23-8-4-20(5-9-23)3-2-16-36(34,35)24-10-6-21(7-11-24)18-29-27(33)26-17-22-19-28-13-12-25(22)30-26/h2-13,15,17,19,30H,14,16,18H2,1H3,(H,29,33). The second-order valence-corrected chi connectivity index (χ2v) is 10.3. The van der Waals surface area contributed by atoms with Gasteiger partial charge in [0.15, 0.2) is 9.84 Å². The van der Waals surface area contributed by atoms with E-state index >= 15 is 0 Å². The van der Waals surface area contributed by atoms with Crippen molar-refractivity contribution in [1.29, 1.82) is 0 Å². The van der Waals surface area contributed by atoms with Crippen LogP contribution in [0.25, 0.3) is 17.0 Å². The number of rotatable bonds is 10. The van der Waals surface area contributed by atoms with Gasteiger partial charge >= 0.3 is 0 Å². The van der Waals surface area contributed by atoms with Crippen LogP contribution in [0, 0.1) is 0 Å². The van der Waals surface area contributed by atoms with E-state index in [4.69, 9.17) is 0 Å². The Balaban J connectivity index is 1.32. The molecule has 0 atom stereocenters. The maximum atomic E-state index is 12.7. The lowest BCUT2D eigenvalue weighted by Gasteiger charge is -2.15. The molecule has 0 saturated carbocycles. The van der Waals surface area contributed by atoms with Crippen LogP contribution in [0.2, 0.25) is 0 Å². The van der Waals surface area contributed by atoms with Crippen LogP contribution in [-0.2, 0) is 21.2 Å². The number of carbonyl (C=O) groups excluding carboxylic acids is 2. The molecule has 0 saturated heterocycles. The number of hydrogen-bond donors (Lipinski definition) is 2. The number of aromatic amines is 1. The number of nitrogens with one attached hydrogen (secondary N) is 2. The van der Waals surface area contributed by atoms with Gasteiger partial charge in [-0.05, 0) is 47.5 Å². The molecule has 0 bridgehead atoms. The average Bonchev–Trinajstić information content (AvgIpc) is 3.32. The number of likely N-dealkylation sites (N-methyl/N-ethyl adjacent to an activating group) is 1. The van der Waals surface area contributed by atoms with Gasteiger partial charge in [-0.15, -0.1) is 0 Å². The van der Waals surface area contributed by atoms with Gasteiger partial charge in [0.05, 0.1) is 17.2 Å². The van der Waals surface area contributed by atoms with Crippen LogP contribution in [0.1, 0.15) is 21.6 Å². The number of anilines is 1. The Hall–Kier alpha value is -4.24. The normalized spacial score (nSPS) is 11.6. The molecule has 0 radical (unpaired) electrons. The predicted octanol–water partition coefficient (Wildman–Crippen LogP) is 3.62. The molecule has 2 aromatic carbocycles.